The Labute approximate surface area is 138 Å². The molecule has 1 amide bonds. The van der Waals surface area contributed by atoms with Gasteiger partial charge < -0.3 is 5.32 Å². The van der Waals surface area contributed by atoms with Crippen LogP contribution in [0.15, 0.2) is 54.6 Å². The van der Waals surface area contributed by atoms with Crippen LogP contribution in [0.1, 0.15) is 15.9 Å². The first-order valence-electron chi connectivity index (χ1n) is 6.81. The summed E-state index contributed by atoms with van der Waals surface area (Å²) in [7, 11) is 0. The second kappa shape index (κ2) is 5.99. The van der Waals surface area contributed by atoms with E-state index >= 15 is 0 Å². The predicted octanol–water partition coefficient (Wildman–Crippen LogP) is 5.71. The number of carbonyl (C=O) groups is 1. The van der Waals surface area contributed by atoms with Crippen LogP contribution in [0.5, 0.6) is 0 Å². The van der Waals surface area contributed by atoms with Crippen LogP contribution in [-0.2, 0) is 0 Å². The van der Waals surface area contributed by atoms with Crippen LogP contribution in [0.3, 0.4) is 0 Å². The van der Waals surface area contributed by atoms with E-state index in [-0.39, 0.29) is 11.5 Å². The highest BCUT2D eigenvalue weighted by atomic mass is 35.5. The Morgan fingerprint density at radius 1 is 0.955 bits per heavy atom. The zero-order valence-corrected chi connectivity index (χ0v) is 13.4. The number of benzene rings is 3. The zero-order valence-electron chi connectivity index (χ0n) is 11.9. The molecule has 0 unspecified atom stereocenters. The summed E-state index contributed by atoms with van der Waals surface area (Å²) < 4.78 is 0. The molecule has 1 N–H and O–H groups in total. The molecule has 0 bridgehead atoms. The number of halogens is 2. The number of anilines is 1. The van der Waals surface area contributed by atoms with Gasteiger partial charge in [-0.15, -0.1) is 0 Å². The third-order valence-corrected chi connectivity index (χ3v) is 4.11. The van der Waals surface area contributed by atoms with E-state index in [0.29, 0.717) is 10.0 Å². The maximum Gasteiger partial charge on any atom is 0.258 e. The fourth-order valence-electron chi connectivity index (χ4n) is 2.40. The molecule has 0 aliphatic heterocycles. The Bertz CT molecular complexity index is 854. The molecule has 0 spiro atoms. The van der Waals surface area contributed by atoms with Gasteiger partial charge in [-0.3, -0.25) is 4.79 Å². The molecule has 22 heavy (non-hydrogen) atoms. The highest BCUT2D eigenvalue weighted by molar-refractivity contribution is 6.40. The summed E-state index contributed by atoms with van der Waals surface area (Å²) in [6.07, 6.45) is 0. The minimum atomic E-state index is -0.315. The Morgan fingerprint density at radius 3 is 2.36 bits per heavy atom. The van der Waals surface area contributed by atoms with E-state index in [4.69, 9.17) is 23.2 Å². The van der Waals surface area contributed by atoms with Gasteiger partial charge in [0.2, 0.25) is 0 Å². The molecule has 3 rings (SSSR count). The van der Waals surface area contributed by atoms with E-state index in [2.05, 4.69) is 5.32 Å². The van der Waals surface area contributed by atoms with Gasteiger partial charge in [-0.05, 0) is 36.6 Å². The summed E-state index contributed by atoms with van der Waals surface area (Å²) in [5.41, 5.74) is 2.16. The average molecular weight is 330 g/mol. The van der Waals surface area contributed by atoms with Crippen LogP contribution in [0.4, 0.5) is 5.69 Å². The number of fused-ring (bicyclic) bond motifs is 1. The van der Waals surface area contributed by atoms with Crippen molar-refractivity contribution >= 4 is 45.6 Å². The summed E-state index contributed by atoms with van der Waals surface area (Å²) >= 11 is 12.2. The van der Waals surface area contributed by atoms with Crippen LogP contribution in [0.25, 0.3) is 10.8 Å². The lowest BCUT2D eigenvalue weighted by Crippen LogP contribution is -2.13. The Hall–Kier alpha value is -2.03. The summed E-state index contributed by atoms with van der Waals surface area (Å²) in [5.74, 6) is -0.315. The molecule has 0 heterocycles. The van der Waals surface area contributed by atoms with Gasteiger partial charge in [0.15, 0.2) is 0 Å². The topological polar surface area (TPSA) is 29.1 Å². The van der Waals surface area contributed by atoms with Crippen molar-refractivity contribution in [3.05, 3.63) is 75.8 Å². The van der Waals surface area contributed by atoms with E-state index < -0.39 is 0 Å². The molecular weight excluding hydrogens is 317 g/mol. The van der Waals surface area contributed by atoms with Crippen LogP contribution in [-0.4, -0.2) is 5.91 Å². The minimum absolute atomic E-state index is 0.287. The van der Waals surface area contributed by atoms with Crippen molar-refractivity contribution in [3.63, 3.8) is 0 Å². The molecule has 2 nitrogen and oxygen atoms in total. The molecule has 0 atom stereocenters. The molecule has 0 saturated carbocycles. The fraction of sp³-hybridized carbons (Fsp3) is 0.0556. The summed E-state index contributed by atoms with van der Waals surface area (Å²) in [5, 5.41) is 5.62. The number of hydrogen-bond donors (Lipinski definition) is 1. The van der Waals surface area contributed by atoms with Gasteiger partial charge in [-0.2, -0.15) is 0 Å². The van der Waals surface area contributed by atoms with Crippen LogP contribution in [0, 0.1) is 6.92 Å². The predicted molar refractivity (Wildman–Crippen MR) is 93.1 cm³/mol. The first kappa shape index (κ1) is 14.9. The second-order valence-corrected chi connectivity index (χ2v) is 5.90. The highest BCUT2D eigenvalue weighted by Gasteiger charge is 2.15. The zero-order chi connectivity index (χ0) is 15.7. The van der Waals surface area contributed by atoms with Crippen molar-refractivity contribution in [3.8, 4) is 0 Å². The van der Waals surface area contributed by atoms with Gasteiger partial charge in [-0.25, -0.2) is 0 Å². The van der Waals surface area contributed by atoms with E-state index in [9.17, 15) is 4.79 Å². The lowest BCUT2D eigenvalue weighted by Gasteiger charge is -2.11. The number of nitrogens with one attached hydrogen (secondary N) is 1. The maximum atomic E-state index is 12.5. The van der Waals surface area contributed by atoms with Gasteiger partial charge in [0.05, 0.1) is 15.6 Å². The van der Waals surface area contributed by atoms with Crippen molar-refractivity contribution in [1.29, 1.82) is 0 Å². The lowest BCUT2D eigenvalue weighted by molar-refractivity contribution is 0.102. The van der Waals surface area contributed by atoms with Crippen molar-refractivity contribution in [1.82, 2.24) is 0 Å². The third kappa shape index (κ3) is 2.80. The average Bonchev–Trinajstić information content (AvgIpc) is 2.47. The van der Waals surface area contributed by atoms with Crippen LogP contribution in [0.2, 0.25) is 10.0 Å². The molecule has 0 fully saturated rings. The number of rotatable bonds is 2. The van der Waals surface area contributed by atoms with Gasteiger partial charge >= 0.3 is 0 Å². The monoisotopic (exact) mass is 329 g/mol. The van der Waals surface area contributed by atoms with Crippen molar-refractivity contribution < 1.29 is 4.79 Å². The van der Waals surface area contributed by atoms with Crippen molar-refractivity contribution in [2.24, 2.45) is 0 Å². The second-order valence-electron chi connectivity index (χ2n) is 5.08. The fourth-order valence-corrected chi connectivity index (χ4v) is 2.96. The van der Waals surface area contributed by atoms with Gasteiger partial charge in [0.25, 0.3) is 5.91 Å². The lowest BCUT2D eigenvalue weighted by atomic mass is 10.1. The molecule has 3 aromatic rings. The van der Waals surface area contributed by atoms with Gasteiger partial charge in [0.1, 0.15) is 0 Å². The molecule has 0 aliphatic carbocycles. The largest absolute Gasteiger partial charge is 0.321 e. The molecular formula is C18H13Cl2NO. The van der Waals surface area contributed by atoms with Crippen LogP contribution < -0.4 is 5.32 Å². The molecule has 3 aromatic carbocycles. The summed E-state index contributed by atoms with van der Waals surface area (Å²) in [6.45, 7) is 2.02. The third-order valence-electron chi connectivity index (χ3n) is 3.48. The Kier molecular flexibility index (Phi) is 4.06. The van der Waals surface area contributed by atoms with Crippen LogP contribution >= 0.6 is 23.2 Å². The number of aryl methyl sites for hydroxylation is 1. The molecule has 0 radical (unpaired) electrons. The SMILES string of the molecule is Cc1ccc2cccc(NC(=O)c3c(Cl)cccc3Cl)c2c1. The van der Waals surface area contributed by atoms with Gasteiger partial charge in [-0.1, -0.05) is 59.1 Å². The Balaban J connectivity index is 2.03. The minimum Gasteiger partial charge on any atom is -0.321 e. The first-order chi connectivity index (χ1) is 10.6. The molecule has 0 saturated heterocycles. The summed E-state index contributed by atoms with van der Waals surface area (Å²) in [6, 6.07) is 16.9. The molecule has 4 heteroatoms. The van der Waals surface area contributed by atoms with E-state index in [1.165, 1.54) is 0 Å². The first-order valence-corrected chi connectivity index (χ1v) is 7.56. The number of amides is 1. The normalized spacial score (nSPS) is 10.7. The van der Waals surface area contributed by atoms with E-state index in [0.717, 1.165) is 22.0 Å². The number of hydrogen-bond acceptors (Lipinski definition) is 1. The van der Waals surface area contributed by atoms with E-state index in [1.54, 1.807) is 18.2 Å². The van der Waals surface area contributed by atoms with Gasteiger partial charge in [0, 0.05) is 11.1 Å². The number of carbonyl (C=O) groups excluding carboxylic acids is 1. The van der Waals surface area contributed by atoms with E-state index in [1.807, 2.05) is 43.3 Å². The molecule has 0 aliphatic rings. The Morgan fingerprint density at radius 2 is 1.64 bits per heavy atom. The van der Waals surface area contributed by atoms with Crippen molar-refractivity contribution in [2.75, 3.05) is 5.32 Å². The molecule has 0 aromatic heterocycles. The molecule has 110 valence electrons. The summed E-state index contributed by atoms with van der Waals surface area (Å²) in [4.78, 5) is 12.5. The maximum absolute atomic E-state index is 12.5. The van der Waals surface area contributed by atoms with Crippen molar-refractivity contribution in [2.45, 2.75) is 6.92 Å². The smallest absolute Gasteiger partial charge is 0.258 e. The quantitative estimate of drug-likeness (QED) is 0.641. The standard InChI is InChI=1S/C18H13Cl2NO/c1-11-8-9-12-4-2-7-16(13(12)10-11)21-18(22)17-14(19)5-3-6-15(17)20/h2-10H,1H3,(H,21,22). The highest BCUT2D eigenvalue weighted by Crippen LogP contribution is 2.28.